The predicted octanol–water partition coefficient (Wildman–Crippen LogP) is 4.02. The van der Waals surface area contributed by atoms with Gasteiger partial charge >= 0.3 is 0 Å². The van der Waals surface area contributed by atoms with Crippen LogP contribution in [0.4, 0.5) is 0 Å². The number of likely N-dealkylation sites (tertiary alicyclic amines) is 1. The predicted molar refractivity (Wildman–Crippen MR) is 95.4 cm³/mol. The molecule has 1 aromatic rings. The molecule has 0 aromatic heterocycles. The quantitative estimate of drug-likeness (QED) is 0.818. The number of ether oxygens (including phenoxy) is 1. The molecule has 3 nitrogen and oxygen atoms in total. The molecule has 1 saturated heterocycles. The zero-order chi connectivity index (χ0) is 16.5. The van der Waals surface area contributed by atoms with Gasteiger partial charge in [-0.05, 0) is 81.5 Å². The summed E-state index contributed by atoms with van der Waals surface area (Å²) in [5, 5.41) is 0. The summed E-state index contributed by atoms with van der Waals surface area (Å²) < 4.78 is 5.76. The minimum atomic E-state index is 0.0795. The SMILES string of the molecule is CC(=O)COc1ccccc1C1CCN([C@H]2C[C@H]3CC[C@H]2C3)CC1. The first-order chi connectivity index (χ1) is 11.7. The minimum Gasteiger partial charge on any atom is -0.486 e. The molecule has 3 heteroatoms. The van der Waals surface area contributed by atoms with Crippen LogP contribution in [0.5, 0.6) is 5.75 Å². The van der Waals surface area contributed by atoms with E-state index < -0.39 is 0 Å². The second-order valence-electron chi connectivity index (χ2n) is 8.08. The van der Waals surface area contributed by atoms with Gasteiger partial charge in [0, 0.05) is 6.04 Å². The number of carbonyl (C=O) groups is 1. The van der Waals surface area contributed by atoms with E-state index in [-0.39, 0.29) is 12.4 Å². The number of benzene rings is 1. The second kappa shape index (κ2) is 6.87. The molecule has 0 amide bonds. The summed E-state index contributed by atoms with van der Waals surface area (Å²) in [6.45, 7) is 4.20. The van der Waals surface area contributed by atoms with E-state index >= 15 is 0 Å². The van der Waals surface area contributed by atoms with E-state index in [0.717, 1.165) is 23.6 Å². The Hall–Kier alpha value is -1.35. The fourth-order valence-electron chi connectivity index (χ4n) is 5.33. The third kappa shape index (κ3) is 3.23. The van der Waals surface area contributed by atoms with Crippen molar-refractivity contribution < 1.29 is 9.53 Å². The molecule has 24 heavy (non-hydrogen) atoms. The number of para-hydroxylation sites is 1. The van der Waals surface area contributed by atoms with Crippen LogP contribution in [0, 0.1) is 11.8 Å². The molecule has 1 aromatic carbocycles. The van der Waals surface area contributed by atoms with E-state index in [2.05, 4.69) is 17.0 Å². The Morgan fingerprint density at radius 1 is 1.12 bits per heavy atom. The number of Topliss-reactive ketones (excluding diaryl/α,β-unsaturated/α-hetero) is 1. The van der Waals surface area contributed by atoms with Crippen LogP contribution in [0.15, 0.2) is 24.3 Å². The molecule has 2 saturated carbocycles. The van der Waals surface area contributed by atoms with Crippen molar-refractivity contribution in [3.63, 3.8) is 0 Å². The van der Waals surface area contributed by atoms with Gasteiger partial charge < -0.3 is 9.64 Å². The van der Waals surface area contributed by atoms with Crippen LogP contribution in [-0.4, -0.2) is 36.4 Å². The Kier molecular flexibility index (Phi) is 4.62. The fourth-order valence-corrected chi connectivity index (χ4v) is 5.33. The molecular weight excluding hydrogens is 298 g/mol. The van der Waals surface area contributed by atoms with Gasteiger partial charge in [0.05, 0.1) is 0 Å². The lowest BCUT2D eigenvalue weighted by Crippen LogP contribution is -2.43. The largest absolute Gasteiger partial charge is 0.486 e. The van der Waals surface area contributed by atoms with Crippen LogP contribution in [0.25, 0.3) is 0 Å². The molecular formula is C21H29NO2. The number of ketones is 1. The third-order valence-corrected chi connectivity index (χ3v) is 6.49. The molecule has 0 N–H and O–H groups in total. The first kappa shape index (κ1) is 16.1. The molecule has 3 fully saturated rings. The first-order valence-corrected chi connectivity index (χ1v) is 9.66. The van der Waals surface area contributed by atoms with Crippen molar-refractivity contribution in [3.8, 4) is 5.75 Å². The molecule has 1 heterocycles. The number of piperidine rings is 1. The van der Waals surface area contributed by atoms with Crippen molar-refractivity contribution in [2.24, 2.45) is 11.8 Å². The molecule has 3 aliphatic rings. The maximum atomic E-state index is 11.2. The third-order valence-electron chi connectivity index (χ3n) is 6.49. The summed E-state index contributed by atoms with van der Waals surface area (Å²) >= 11 is 0. The van der Waals surface area contributed by atoms with E-state index in [1.807, 2.05) is 12.1 Å². The van der Waals surface area contributed by atoms with Crippen LogP contribution >= 0.6 is 0 Å². The Balaban J connectivity index is 1.38. The van der Waals surface area contributed by atoms with Crippen molar-refractivity contribution in [2.45, 2.75) is 57.4 Å². The molecule has 3 atom stereocenters. The van der Waals surface area contributed by atoms with Crippen LogP contribution in [0.1, 0.15) is 56.9 Å². The van der Waals surface area contributed by atoms with Gasteiger partial charge in [-0.3, -0.25) is 4.79 Å². The highest BCUT2D eigenvalue weighted by atomic mass is 16.5. The van der Waals surface area contributed by atoms with E-state index in [1.54, 1.807) is 6.92 Å². The maximum absolute atomic E-state index is 11.2. The topological polar surface area (TPSA) is 29.5 Å². The summed E-state index contributed by atoms with van der Waals surface area (Å²) in [4.78, 5) is 14.0. The number of hydrogen-bond acceptors (Lipinski definition) is 3. The molecule has 2 bridgehead atoms. The highest BCUT2D eigenvalue weighted by Crippen LogP contribution is 2.47. The lowest BCUT2D eigenvalue weighted by Gasteiger charge is -2.40. The number of nitrogens with zero attached hydrogens (tertiary/aromatic N) is 1. The molecule has 0 radical (unpaired) electrons. The Bertz CT molecular complexity index is 591. The summed E-state index contributed by atoms with van der Waals surface area (Å²) in [5.74, 6) is 3.57. The monoisotopic (exact) mass is 327 g/mol. The van der Waals surface area contributed by atoms with Gasteiger partial charge in [0.1, 0.15) is 12.4 Å². The standard InChI is InChI=1S/C21H29NO2/c1-15(23)14-24-21-5-3-2-4-19(21)17-8-10-22(11-9-17)20-13-16-6-7-18(20)12-16/h2-5,16-18,20H,6-14H2,1H3/t16-,18-,20-/m0/s1. The Labute approximate surface area is 145 Å². The fraction of sp³-hybridized carbons (Fsp3) is 0.667. The number of hydrogen-bond donors (Lipinski definition) is 0. The van der Waals surface area contributed by atoms with E-state index in [4.69, 9.17) is 4.74 Å². The average Bonchev–Trinajstić information content (AvgIpc) is 3.24. The number of fused-ring (bicyclic) bond motifs is 2. The van der Waals surface area contributed by atoms with E-state index in [1.165, 1.54) is 57.2 Å². The van der Waals surface area contributed by atoms with Crippen molar-refractivity contribution in [1.82, 2.24) is 4.90 Å². The Morgan fingerprint density at radius 2 is 1.92 bits per heavy atom. The highest BCUT2D eigenvalue weighted by molar-refractivity contribution is 5.77. The zero-order valence-corrected chi connectivity index (χ0v) is 14.7. The molecule has 0 unspecified atom stereocenters. The molecule has 1 aliphatic heterocycles. The summed E-state index contributed by atoms with van der Waals surface area (Å²) in [6, 6.07) is 9.17. The van der Waals surface area contributed by atoms with Gasteiger partial charge in [0.2, 0.25) is 0 Å². The first-order valence-electron chi connectivity index (χ1n) is 9.66. The number of rotatable bonds is 5. The molecule has 4 rings (SSSR count). The van der Waals surface area contributed by atoms with Gasteiger partial charge in [-0.2, -0.15) is 0 Å². The Morgan fingerprint density at radius 3 is 2.58 bits per heavy atom. The van der Waals surface area contributed by atoms with Gasteiger partial charge in [0.15, 0.2) is 5.78 Å². The number of carbonyl (C=O) groups excluding carboxylic acids is 1. The van der Waals surface area contributed by atoms with Crippen LogP contribution < -0.4 is 4.74 Å². The van der Waals surface area contributed by atoms with Crippen molar-refractivity contribution >= 4 is 5.78 Å². The van der Waals surface area contributed by atoms with Gasteiger partial charge in [-0.1, -0.05) is 24.6 Å². The lowest BCUT2D eigenvalue weighted by molar-refractivity contribution is -0.118. The van der Waals surface area contributed by atoms with Crippen LogP contribution in [-0.2, 0) is 4.79 Å². The molecule has 130 valence electrons. The summed E-state index contributed by atoms with van der Waals surface area (Å²) in [5.41, 5.74) is 1.30. The molecule has 0 spiro atoms. The van der Waals surface area contributed by atoms with Gasteiger partial charge in [-0.25, -0.2) is 0 Å². The van der Waals surface area contributed by atoms with E-state index in [0.29, 0.717) is 5.92 Å². The maximum Gasteiger partial charge on any atom is 0.167 e. The van der Waals surface area contributed by atoms with Crippen LogP contribution in [0.2, 0.25) is 0 Å². The normalized spacial score (nSPS) is 30.6. The lowest BCUT2D eigenvalue weighted by atomic mass is 9.86. The summed E-state index contributed by atoms with van der Waals surface area (Å²) in [7, 11) is 0. The van der Waals surface area contributed by atoms with Crippen molar-refractivity contribution in [1.29, 1.82) is 0 Å². The van der Waals surface area contributed by atoms with Gasteiger partial charge in [-0.15, -0.1) is 0 Å². The summed E-state index contributed by atoms with van der Waals surface area (Å²) in [6.07, 6.45) is 8.33. The molecule has 2 aliphatic carbocycles. The van der Waals surface area contributed by atoms with Gasteiger partial charge in [0.25, 0.3) is 0 Å². The minimum absolute atomic E-state index is 0.0795. The zero-order valence-electron chi connectivity index (χ0n) is 14.7. The highest BCUT2D eigenvalue weighted by Gasteiger charge is 2.42. The average molecular weight is 327 g/mol. The van der Waals surface area contributed by atoms with Crippen LogP contribution in [0.3, 0.4) is 0 Å². The second-order valence-corrected chi connectivity index (χ2v) is 8.08. The smallest absolute Gasteiger partial charge is 0.167 e. The van der Waals surface area contributed by atoms with Crippen molar-refractivity contribution in [3.05, 3.63) is 29.8 Å². The van der Waals surface area contributed by atoms with Crippen molar-refractivity contribution in [2.75, 3.05) is 19.7 Å². The van der Waals surface area contributed by atoms with E-state index in [9.17, 15) is 4.79 Å².